The van der Waals surface area contributed by atoms with Crippen LogP contribution in [0, 0.1) is 13.8 Å². The molecule has 2 heterocycles. The van der Waals surface area contributed by atoms with E-state index in [-0.39, 0.29) is 11.9 Å². The van der Waals surface area contributed by atoms with Crippen molar-refractivity contribution in [3.05, 3.63) is 52.3 Å². The van der Waals surface area contributed by atoms with Gasteiger partial charge in [-0.15, -0.1) is 5.10 Å². The molecule has 0 bridgehead atoms. The van der Waals surface area contributed by atoms with E-state index in [1.54, 1.807) is 0 Å². The highest BCUT2D eigenvalue weighted by atomic mass is 35.5. The molecule has 0 aliphatic heterocycles. The number of halogens is 1. The highest BCUT2D eigenvalue weighted by molar-refractivity contribution is 6.31. The smallest absolute Gasteiger partial charge is 0.254 e. The van der Waals surface area contributed by atoms with Crippen LogP contribution in [0.25, 0.3) is 5.78 Å². The molecule has 23 heavy (non-hydrogen) atoms. The fourth-order valence-electron chi connectivity index (χ4n) is 2.30. The van der Waals surface area contributed by atoms with Gasteiger partial charge in [0.2, 0.25) is 5.91 Å². The highest BCUT2D eigenvalue weighted by Crippen LogP contribution is 2.19. The summed E-state index contributed by atoms with van der Waals surface area (Å²) in [6.07, 6.45) is 1.04. The van der Waals surface area contributed by atoms with Crippen molar-refractivity contribution in [1.82, 2.24) is 19.6 Å². The Kier molecular flexibility index (Phi) is 4.25. The number of rotatable bonds is 4. The van der Waals surface area contributed by atoms with Crippen molar-refractivity contribution in [2.24, 2.45) is 0 Å². The summed E-state index contributed by atoms with van der Waals surface area (Å²) in [4.78, 5) is 20.5. The Labute approximate surface area is 138 Å². The largest absolute Gasteiger partial charge is 0.293 e. The average Bonchev–Trinajstić information content (AvgIpc) is 2.94. The number of nitrogens with one attached hydrogen (secondary N) is 1. The van der Waals surface area contributed by atoms with Gasteiger partial charge >= 0.3 is 0 Å². The first-order valence-corrected chi connectivity index (χ1v) is 7.65. The number of fused-ring (bicyclic) bond motifs is 1. The van der Waals surface area contributed by atoms with E-state index < -0.39 is 0 Å². The fourth-order valence-corrected chi connectivity index (χ4v) is 2.42. The number of hydrogen-bond donors (Lipinski definition) is 1. The van der Waals surface area contributed by atoms with E-state index in [0.717, 1.165) is 11.3 Å². The quantitative estimate of drug-likeness (QED) is 0.798. The normalized spacial score (nSPS) is 10.9. The minimum absolute atomic E-state index is 0.134. The number of carbonyl (C=O) groups is 1. The molecule has 0 fully saturated rings. The molecule has 7 heteroatoms. The van der Waals surface area contributed by atoms with Crippen LogP contribution in [0.2, 0.25) is 5.02 Å². The van der Waals surface area contributed by atoms with Gasteiger partial charge in [0, 0.05) is 6.42 Å². The molecule has 0 saturated heterocycles. The van der Waals surface area contributed by atoms with E-state index in [9.17, 15) is 4.79 Å². The summed E-state index contributed by atoms with van der Waals surface area (Å²) in [6, 6.07) is 9.85. The van der Waals surface area contributed by atoms with Crippen LogP contribution >= 0.6 is 11.6 Å². The maximum Gasteiger partial charge on any atom is 0.254 e. The van der Waals surface area contributed by atoms with Crippen molar-refractivity contribution in [1.29, 1.82) is 0 Å². The predicted molar refractivity (Wildman–Crippen MR) is 88.7 cm³/mol. The number of aryl methyl sites for hydroxylation is 3. The lowest BCUT2D eigenvalue weighted by Gasteiger charge is -2.02. The summed E-state index contributed by atoms with van der Waals surface area (Å²) in [5.74, 6) is 0.522. The van der Waals surface area contributed by atoms with Gasteiger partial charge in [-0.25, -0.2) is 4.98 Å². The molecular weight excluding hydrogens is 314 g/mol. The first-order chi connectivity index (χ1) is 11.0. The van der Waals surface area contributed by atoms with Gasteiger partial charge in [-0.2, -0.15) is 9.50 Å². The third-order valence-electron chi connectivity index (χ3n) is 3.55. The Morgan fingerprint density at radius 1 is 1.22 bits per heavy atom. The second kappa shape index (κ2) is 6.34. The molecular formula is C16H16ClN5O. The number of aromatic nitrogens is 4. The lowest BCUT2D eigenvalue weighted by molar-refractivity contribution is -0.116. The molecule has 3 rings (SSSR count). The van der Waals surface area contributed by atoms with Crippen molar-refractivity contribution < 1.29 is 4.79 Å². The molecule has 1 aromatic carbocycles. The van der Waals surface area contributed by atoms with Crippen LogP contribution in [-0.2, 0) is 11.2 Å². The minimum atomic E-state index is -0.134. The summed E-state index contributed by atoms with van der Waals surface area (Å²) < 4.78 is 1.53. The van der Waals surface area contributed by atoms with Gasteiger partial charge in [0.1, 0.15) is 0 Å². The number of nitrogens with zero attached hydrogens (tertiary/aromatic N) is 4. The second-order valence-corrected chi connectivity index (χ2v) is 5.66. The molecule has 0 atom stereocenters. The SMILES string of the molecule is Cc1nc2nc(NC(=O)CCc3ccccc3)nn2c(C)c1Cl. The molecule has 0 aliphatic rings. The fraction of sp³-hybridized carbons (Fsp3) is 0.250. The van der Waals surface area contributed by atoms with Crippen LogP contribution in [0.4, 0.5) is 5.95 Å². The minimum Gasteiger partial charge on any atom is -0.293 e. The molecule has 1 amide bonds. The zero-order valence-electron chi connectivity index (χ0n) is 12.9. The van der Waals surface area contributed by atoms with Crippen LogP contribution < -0.4 is 5.32 Å². The Balaban J connectivity index is 1.71. The number of amides is 1. The molecule has 1 N–H and O–H groups in total. The third-order valence-corrected chi connectivity index (χ3v) is 4.09. The molecule has 0 spiro atoms. The molecule has 3 aromatic rings. The second-order valence-electron chi connectivity index (χ2n) is 5.28. The van der Waals surface area contributed by atoms with Gasteiger partial charge in [-0.1, -0.05) is 41.9 Å². The van der Waals surface area contributed by atoms with Gasteiger partial charge in [0.05, 0.1) is 16.4 Å². The summed E-state index contributed by atoms with van der Waals surface area (Å²) in [6.45, 7) is 3.64. The van der Waals surface area contributed by atoms with Crippen LogP contribution in [-0.4, -0.2) is 25.5 Å². The van der Waals surface area contributed by atoms with Gasteiger partial charge in [-0.05, 0) is 25.8 Å². The molecule has 0 radical (unpaired) electrons. The summed E-state index contributed by atoms with van der Waals surface area (Å²) >= 11 is 6.15. The lowest BCUT2D eigenvalue weighted by Crippen LogP contribution is -2.13. The van der Waals surface area contributed by atoms with E-state index in [0.29, 0.717) is 29.3 Å². The average molecular weight is 330 g/mol. The Bertz CT molecular complexity index is 860. The van der Waals surface area contributed by atoms with E-state index >= 15 is 0 Å². The van der Waals surface area contributed by atoms with Crippen LogP contribution in [0.1, 0.15) is 23.4 Å². The van der Waals surface area contributed by atoms with Crippen molar-refractivity contribution in [2.45, 2.75) is 26.7 Å². The van der Waals surface area contributed by atoms with Crippen LogP contribution in [0.3, 0.4) is 0 Å². The zero-order valence-corrected chi connectivity index (χ0v) is 13.6. The standard InChI is InChI=1S/C16H16ClN5O/c1-10-14(17)11(2)22-16(18-10)20-15(21-22)19-13(23)9-8-12-6-4-3-5-7-12/h3-7H,8-9H2,1-2H3,(H,19,21,23). The van der Waals surface area contributed by atoms with Gasteiger partial charge in [0.15, 0.2) is 0 Å². The first-order valence-electron chi connectivity index (χ1n) is 7.28. The van der Waals surface area contributed by atoms with Crippen LogP contribution in [0.5, 0.6) is 0 Å². The van der Waals surface area contributed by atoms with E-state index in [2.05, 4.69) is 20.4 Å². The topological polar surface area (TPSA) is 72.2 Å². The number of benzene rings is 1. The summed E-state index contributed by atoms with van der Waals surface area (Å²) in [7, 11) is 0. The maximum absolute atomic E-state index is 12.0. The van der Waals surface area contributed by atoms with Crippen molar-refractivity contribution >= 4 is 29.2 Å². The molecule has 6 nitrogen and oxygen atoms in total. The lowest BCUT2D eigenvalue weighted by atomic mass is 10.1. The molecule has 118 valence electrons. The number of anilines is 1. The van der Waals surface area contributed by atoms with Gasteiger partial charge < -0.3 is 0 Å². The molecule has 2 aromatic heterocycles. The highest BCUT2D eigenvalue weighted by Gasteiger charge is 2.13. The number of carbonyl (C=O) groups excluding carboxylic acids is 1. The number of hydrogen-bond acceptors (Lipinski definition) is 4. The zero-order chi connectivity index (χ0) is 16.4. The third kappa shape index (κ3) is 3.32. The van der Waals surface area contributed by atoms with E-state index in [1.165, 1.54) is 4.52 Å². The maximum atomic E-state index is 12.0. The predicted octanol–water partition coefficient (Wildman–Crippen LogP) is 2.97. The Morgan fingerprint density at radius 2 is 1.96 bits per heavy atom. The van der Waals surface area contributed by atoms with Gasteiger partial charge in [-0.3, -0.25) is 10.1 Å². The van der Waals surface area contributed by atoms with Crippen molar-refractivity contribution in [2.75, 3.05) is 5.32 Å². The van der Waals surface area contributed by atoms with E-state index in [1.807, 2.05) is 44.2 Å². The van der Waals surface area contributed by atoms with Crippen molar-refractivity contribution in [3.8, 4) is 0 Å². The molecule has 0 aliphatic carbocycles. The molecule has 0 saturated carbocycles. The van der Waals surface area contributed by atoms with Crippen molar-refractivity contribution in [3.63, 3.8) is 0 Å². The van der Waals surface area contributed by atoms with Gasteiger partial charge in [0.25, 0.3) is 11.7 Å². The molecule has 0 unspecified atom stereocenters. The monoisotopic (exact) mass is 329 g/mol. The summed E-state index contributed by atoms with van der Waals surface area (Å²) in [5, 5.41) is 7.48. The van der Waals surface area contributed by atoms with E-state index in [4.69, 9.17) is 11.6 Å². The summed E-state index contributed by atoms with van der Waals surface area (Å²) in [5.41, 5.74) is 2.54. The van der Waals surface area contributed by atoms with Crippen LogP contribution in [0.15, 0.2) is 30.3 Å². The Morgan fingerprint density at radius 3 is 2.70 bits per heavy atom. The first kappa shape index (κ1) is 15.4. The Hall–Kier alpha value is -2.47.